The highest BCUT2D eigenvalue weighted by molar-refractivity contribution is 5.79. The summed E-state index contributed by atoms with van der Waals surface area (Å²) >= 11 is 0. The third kappa shape index (κ3) is 4.35. The SMILES string of the molecule is COc1ccc(-c2noc(CN3CCC(C(=O)N4CCCCC4)CC3)n2)cc1. The number of aromatic nitrogens is 2. The second-order valence-corrected chi connectivity index (χ2v) is 7.68. The van der Waals surface area contributed by atoms with E-state index in [1.54, 1.807) is 7.11 Å². The van der Waals surface area contributed by atoms with Gasteiger partial charge in [-0.05, 0) is 69.5 Å². The van der Waals surface area contributed by atoms with Crippen molar-refractivity contribution >= 4 is 5.91 Å². The minimum absolute atomic E-state index is 0.173. The van der Waals surface area contributed by atoms with Gasteiger partial charge in [0.05, 0.1) is 13.7 Å². The first-order chi connectivity index (χ1) is 13.7. The van der Waals surface area contributed by atoms with E-state index in [1.165, 1.54) is 6.42 Å². The van der Waals surface area contributed by atoms with Crippen molar-refractivity contribution in [1.82, 2.24) is 19.9 Å². The summed E-state index contributed by atoms with van der Waals surface area (Å²) in [5, 5.41) is 4.10. The number of amides is 1. The molecule has 1 amide bonds. The topological polar surface area (TPSA) is 71.7 Å². The minimum atomic E-state index is 0.173. The van der Waals surface area contributed by atoms with Crippen molar-refractivity contribution in [3.63, 3.8) is 0 Å². The van der Waals surface area contributed by atoms with Crippen LogP contribution in [0, 0.1) is 5.92 Å². The van der Waals surface area contributed by atoms with E-state index in [4.69, 9.17) is 9.26 Å². The molecule has 2 saturated heterocycles. The number of hydrogen-bond donors (Lipinski definition) is 0. The zero-order chi connectivity index (χ0) is 19.3. The van der Waals surface area contributed by atoms with Gasteiger partial charge in [-0.25, -0.2) is 0 Å². The lowest BCUT2D eigenvalue weighted by Gasteiger charge is -2.35. The van der Waals surface area contributed by atoms with Gasteiger partial charge in [-0.2, -0.15) is 4.98 Å². The first kappa shape index (κ1) is 18.9. The first-order valence-electron chi connectivity index (χ1n) is 10.2. The van der Waals surface area contributed by atoms with E-state index in [0.717, 1.165) is 63.2 Å². The van der Waals surface area contributed by atoms with E-state index >= 15 is 0 Å². The fourth-order valence-corrected chi connectivity index (χ4v) is 4.08. The zero-order valence-electron chi connectivity index (χ0n) is 16.5. The van der Waals surface area contributed by atoms with Gasteiger partial charge < -0.3 is 14.2 Å². The van der Waals surface area contributed by atoms with Crippen LogP contribution in [0.15, 0.2) is 28.8 Å². The van der Waals surface area contributed by atoms with Crippen LogP contribution in [0.4, 0.5) is 0 Å². The Morgan fingerprint density at radius 3 is 2.50 bits per heavy atom. The number of ether oxygens (including phenoxy) is 1. The van der Waals surface area contributed by atoms with Crippen LogP contribution in [0.2, 0.25) is 0 Å². The van der Waals surface area contributed by atoms with Crippen molar-refractivity contribution < 1.29 is 14.1 Å². The molecule has 7 nitrogen and oxygen atoms in total. The maximum atomic E-state index is 12.7. The van der Waals surface area contributed by atoms with Gasteiger partial charge in [0.25, 0.3) is 0 Å². The highest BCUT2D eigenvalue weighted by Crippen LogP contribution is 2.24. The van der Waals surface area contributed by atoms with Gasteiger partial charge in [-0.15, -0.1) is 0 Å². The first-order valence-corrected chi connectivity index (χ1v) is 10.2. The molecule has 0 bridgehead atoms. The summed E-state index contributed by atoms with van der Waals surface area (Å²) in [5.74, 6) is 2.54. The van der Waals surface area contributed by atoms with Gasteiger partial charge in [0.2, 0.25) is 17.6 Å². The Morgan fingerprint density at radius 1 is 1.11 bits per heavy atom. The Hall–Kier alpha value is -2.41. The molecule has 1 aromatic carbocycles. The second kappa shape index (κ2) is 8.73. The molecular formula is C21H28N4O3. The Labute approximate surface area is 165 Å². The molecule has 2 aliphatic rings. The molecule has 0 radical (unpaired) electrons. The number of carbonyl (C=O) groups excluding carboxylic acids is 1. The van der Waals surface area contributed by atoms with Crippen LogP contribution in [-0.2, 0) is 11.3 Å². The number of hydrogen-bond acceptors (Lipinski definition) is 6. The van der Waals surface area contributed by atoms with E-state index in [-0.39, 0.29) is 5.92 Å². The normalized spacial score (nSPS) is 19.0. The van der Waals surface area contributed by atoms with Crippen molar-refractivity contribution in [2.75, 3.05) is 33.3 Å². The monoisotopic (exact) mass is 384 g/mol. The van der Waals surface area contributed by atoms with E-state index < -0.39 is 0 Å². The van der Waals surface area contributed by atoms with Crippen LogP contribution in [0.3, 0.4) is 0 Å². The van der Waals surface area contributed by atoms with Crippen LogP contribution < -0.4 is 4.74 Å². The minimum Gasteiger partial charge on any atom is -0.497 e. The summed E-state index contributed by atoms with van der Waals surface area (Å²) in [6, 6.07) is 7.61. The average Bonchev–Trinajstić information content (AvgIpc) is 3.23. The molecule has 2 fully saturated rings. The van der Waals surface area contributed by atoms with Crippen molar-refractivity contribution in [1.29, 1.82) is 0 Å². The molecule has 0 aliphatic carbocycles. The lowest BCUT2D eigenvalue weighted by atomic mass is 9.94. The Kier molecular flexibility index (Phi) is 5.90. The Bertz CT molecular complexity index is 775. The maximum Gasteiger partial charge on any atom is 0.241 e. The molecule has 28 heavy (non-hydrogen) atoms. The molecule has 2 aliphatic heterocycles. The molecule has 1 aromatic heterocycles. The second-order valence-electron chi connectivity index (χ2n) is 7.68. The standard InChI is InChI=1S/C21H28N4O3/c1-27-18-7-5-16(6-8-18)20-22-19(28-23-20)15-24-13-9-17(10-14-24)21(26)25-11-3-2-4-12-25/h5-8,17H,2-4,9-15H2,1H3. The highest BCUT2D eigenvalue weighted by Gasteiger charge is 2.29. The quantitative estimate of drug-likeness (QED) is 0.789. The van der Waals surface area contributed by atoms with E-state index in [0.29, 0.717) is 24.2 Å². The van der Waals surface area contributed by atoms with E-state index in [9.17, 15) is 4.79 Å². The van der Waals surface area contributed by atoms with Crippen LogP contribution in [0.25, 0.3) is 11.4 Å². The Balaban J connectivity index is 1.29. The lowest BCUT2D eigenvalue weighted by molar-refractivity contribution is -0.138. The summed E-state index contributed by atoms with van der Waals surface area (Å²) in [6.07, 6.45) is 5.38. The summed E-state index contributed by atoms with van der Waals surface area (Å²) in [4.78, 5) is 21.6. The third-order valence-corrected chi connectivity index (χ3v) is 5.78. The maximum absolute atomic E-state index is 12.7. The van der Waals surface area contributed by atoms with Crippen LogP contribution in [-0.4, -0.2) is 59.1 Å². The number of rotatable bonds is 5. The number of nitrogens with zero attached hydrogens (tertiary/aromatic N) is 4. The number of carbonyl (C=O) groups is 1. The van der Waals surface area contributed by atoms with Gasteiger partial charge in [-0.3, -0.25) is 9.69 Å². The fourth-order valence-electron chi connectivity index (χ4n) is 4.08. The number of likely N-dealkylation sites (tertiary alicyclic amines) is 2. The molecule has 7 heteroatoms. The predicted octanol–water partition coefficient (Wildman–Crippen LogP) is 2.97. The van der Waals surface area contributed by atoms with Crippen molar-refractivity contribution in [3.05, 3.63) is 30.2 Å². The summed E-state index contributed by atoms with van der Waals surface area (Å²) in [7, 11) is 1.64. The summed E-state index contributed by atoms with van der Waals surface area (Å²) in [6.45, 7) is 4.30. The molecule has 3 heterocycles. The van der Waals surface area contributed by atoms with Gasteiger partial charge in [-0.1, -0.05) is 5.16 Å². The smallest absolute Gasteiger partial charge is 0.241 e. The van der Waals surface area contributed by atoms with E-state index in [2.05, 4.69) is 19.9 Å². The van der Waals surface area contributed by atoms with Crippen molar-refractivity contribution in [3.8, 4) is 17.1 Å². The van der Waals surface area contributed by atoms with Crippen molar-refractivity contribution in [2.24, 2.45) is 5.92 Å². The number of methoxy groups -OCH3 is 1. The largest absolute Gasteiger partial charge is 0.497 e. The number of piperidine rings is 2. The molecule has 0 unspecified atom stereocenters. The lowest BCUT2D eigenvalue weighted by Crippen LogP contribution is -2.44. The van der Waals surface area contributed by atoms with E-state index in [1.807, 2.05) is 24.3 Å². The summed E-state index contributed by atoms with van der Waals surface area (Å²) < 4.78 is 10.6. The predicted molar refractivity (Wildman–Crippen MR) is 105 cm³/mol. The highest BCUT2D eigenvalue weighted by atomic mass is 16.5. The van der Waals surface area contributed by atoms with Gasteiger partial charge in [0.15, 0.2) is 0 Å². The molecular weight excluding hydrogens is 356 g/mol. The molecule has 150 valence electrons. The molecule has 0 saturated carbocycles. The molecule has 0 spiro atoms. The number of benzene rings is 1. The molecule has 2 aromatic rings. The Morgan fingerprint density at radius 2 is 1.82 bits per heavy atom. The molecule has 0 N–H and O–H groups in total. The van der Waals surface area contributed by atoms with Gasteiger partial charge >= 0.3 is 0 Å². The zero-order valence-corrected chi connectivity index (χ0v) is 16.5. The fraction of sp³-hybridized carbons (Fsp3) is 0.571. The van der Waals surface area contributed by atoms with Crippen LogP contribution >= 0.6 is 0 Å². The molecule has 4 rings (SSSR count). The molecule has 0 atom stereocenters. The van der Waals surface area contributed by atoms with Gasteiger partial charge in [0, 0.05) is 24.6 Å². The third-order valence-electron chi connectivity index (χ3n) is 5.78. The summed E-state index contributed by atoms with van der Waals surface area (Å²) in [5.41, 5.74) is 0.904. The van der Waals surface area contributed by atoms with Crippen LogP contribution in [0.1, 0.15) is 38.0 Å². The average molecular weight is 384 g/mol. The van der Waals surface area contributed by atoms with Crippen LogP contribution in [0.5, 0.6) is 5.75 Å². The van der Waals surface area contributed by atoms with Gasteiger partial charge in [0.1, 0.15) is 5.75 Å². The van der Waals surface area contributed by atoms with Crippen molar-refractivity contribution in [2.45, 2.75) is 38.6 Å².